The number of methoxy groups -OCH3 is 3. The summed E-state index contributed by atoms with van der Waals surface area (Å²) in [5, 5.41) is 0. The summed E-state index contributed by atoms with van der Waals surface area (Å²) in [7, 11) is 1.07. The molecule has 1 heterocycles. The highest BCUT2D eigenvalue weighted by atomic mass is 32.2. The molecule has 0 N–H and O–H groups in total. The van der Waals surface area contributed by atoms with E-state index in [1.165, 1.54) is 7.11 Å². The molecule has 2 aromatic rings. The van der Waals surface area contributed by atoms with E-state index in [4.69, 9.17) is 18.4 Å². The minimum atomic E-state index is -3.67. The number of hydrogen-bond donors (Lipinski definition) is 0. The third-order valence-corrected chi connectivity index (χ3v) is 5.89. The molecule has 1 aliphatic rings. The van der Waals surface area contributed by atoms with Gasteiger partial charge in [-0.3, -0.25) is 0 Å². The van der Waals surface area contributed by atoms with E-state index in [1.54, 1.807) is 26.4 Å². The average Bonchev–Trinajstić information content (AvgIpc) is 2.73. The van der Waals surface area contributed by atoms with Crippen LogP contribution < -0.4 is 28.2 Å². The first-order chi connectivity index (χ1) is 14.7. The minimum Gasteiger partial charge on any atom is -0.493 e. The highest BCUT2D eigenvalue weighted by Gasteiger charge is 2.30. The summed E-state index contributed by atoms with van der Waals surface area (Å²) in [5.74, 6) is 1.95. The lowest BCUT2D eigenvalue weighted by atomic mass is 10.1. The smallest absolute Gasteiger partial charge is 0.306 e. The summed E-state index contributed by atoms with van der Waals surface area (Å²) in [6.07, 6.45) is 1.02. The Morgan fingerprint density at radius 3 is 1.58 bits per heavy atom. The third kappa shape index (κ3) is 5.10. The number of piperazine rings is 1. The summed E-state index contributed by atoms with van der Waals surface area (Å²) in [4.78, 5) is 4.58. The molecule has 0 bridgehead atoms. The van der Waals surface area contributed by atoms with Crippen molar-refractivity contribution in [2.24, 2.45) is 0 Å². The van der Waals surface area contributed by atoms with Crippen LogP contribution in [-0.2, 0) is 10.1 Å². The fourth-order valence-electron chi connectivity index (χ4n) is 3.92. The van der Waals surface area contributed by atoms with Gasteiger partial charge in [0.25, 0.3) is 0 Å². The molecule has 8 nitrogen and oxygen atoms in total. The van der Waals surface area contributed by atoms with E-state index < -0.39 is 10.1 Å². The molecule has 1 fully saturated rings. The molecule has 0 amide bonds. The van der Waals surface area contributed by atoms with Crippen LogP contribution in [0, 0.1) is 0 Å². The van der Waals surface area contributed by atoms with E-state index in [9.17, 15) is 8.42 Å². The first kappa shape index (κ1) is 22.9. The van der Waals surface area contributed by atoms with Crippen LogP contribution in [0.3, 0.4) is 0 Å². The lowest BCUT2D eigenvalue weighted by Gasteiger charge is -2.46. The van der Waals surface area contributed by atoms with Gasteiger partial charge in [0.15, 0.2) is 23.0 Å². The fourth-order valence-corrected chi connectivity index (χ4v) is 4.38. The number of ether oxygens (including phenoxy) is 3. The second kappa shape index (κ2) is 9.13. The van der Waals surface area contributed by atoms with Gasteiger partial charge in [0.05, 0.1) is 27.6 Å². The summed E-state index contributed by atoms with van der Waals surface area (Å²) < 4.78 is 44.5. The molecule has 3 rings (SSSR count). The molecule has 1 aliphatic heterocycles. The Morgan fingerprint density at radius 2 is 1.16 bits per heavy atom. The molecular weight excluding hydrogens is 420 g/mol. The Morgan fingerprint density at radius 1 is 0.742 bits per heavy atom. The van der Waals surface area contributed by atoms with E-state index in [0.717, 1.165) is 30.7 Å². The molecule has 0 aromatic heterocycles. The highest BCUT2D eigenvalue weighted by molar-refractivity contribution is 7.86. The summed E-state index contributed by atoms with van der Waals surface area (Å²) in [6, 6.07) is 11.7. The van der Waals surface area contributed by atoms with Gasteiger partial charge in [0, 0.05) is 48.7 Å². The van der Waals surface area contributed by atoms with E-state index in [1.807, 2.05) is 24.3 Å². The van der Waals surface area contributed by atoms with Crippen molar-refractivity contribution < 1.29 is 26.8 Å². The summed E-state index contributed by atoms with van der Waals surface area (Å²) >= 11 is 0. The standard InChI is InChI=1S/C22H30N2O6S/c1-15-14-24(18-8-10-20(28-4)22(12-18)30-31(6,25)26)16(2)13-23(15)17-7-9-19(27-3)21(11-17)29-5/h7-12,15-16H,13-14H2,1-6H3/t15-,16-/m0/s1. The molecular formula is C22H30N2O6S. The number of benzene rings is 2. The van der Waals surface area contributed by atoms with E-state index >= 15 is 0 Å². The van der Waals surface area contributed by atoms with Gasteiger partial charge < -0.3 is 28.2 Å². The van der Waals surface area contributed by atoms with Crippen LogP contribution in [0.25, 0.3) is 0 Å². The van der Waals surface area contributed by atoms with Crippen LogP contribution in [-0.4, -0.2) is 61.2 Å². The number of anilines is 2. The summed E-state index contributed by atoms with van der Waals surface area (Å²) in [6.45, 7) is 5.83. The first-order valence-electron chi connectivity index (χ1n) is 9.99. The molecule has 0 saturated carbocycles. The van der Waals surface area contributed by atoms with Gasteiger partial charge in [-0.25, -0.2) is 0 Å². The molecule has 9 heteroatoms. The van der Waals surface area contributed by atoms with Crippen LogP contribution in [0.1, 0.15) is 13.8 Å². The predicted octanol–water partition coefficient (Wildman–Crippen LogP) is 3.15. The number of hydrogen-bond acceptors (Lipinski definition) is 8. The van der Waals surface area contributed by atoms with Crippen LogP contribution in [0.2, 0.25) is 0 Å². The number of nitrogens with zero attached hydrogens (tertiary/aromatic N) is 2. The Kier molecular flexibility index (Phi) is 6.74. The predicted molar refractivity (Wildman–Crippen MR) is 122 cm³/mol. The largest absolute Gasteiger partial charge is 0.493 e. The van der Waals surface area contributed by atoms with Crippen molar-refractivity contribution in [2.45, 2.75) is 25.9 Å². The Bertz CT molecular complexity index is 1030. The SMILES string of the molecule is COc1ccc(N2C[C@H](C)N(c3ccc(OC)c(OS(C)(=O)=O)c3)C[C@@H]2C)cc1OC. The normalized spacial score (nSPS) is 19.2. The van der Waals surface area contributed by atoms with Crippen LogP contribution >= 0.6 is 0 Å². The van der Waals surface area contributed by atoms with Gasteiger partial charge >= 0.3 is 10.1 Å². The molecule has 170 valence electrons. The minimum absolute atomic E-state index is 0.170. The van der Waals surface area contributed by atoms with Crippen molar-refractivity contribution in [1.29, 1.82) is 0 Å². The van der Waals surface area contributed by atoms with Crippen molar-refractivity contribution in [3.8, 4) is 23.0 Å². The maximum absolute atomic E-state index is 11.7. The molecule has 0 radical (unpaired) electrons. The van der Waals surface area contributed by atoms with Gasteiger partial charge in [-0.15, -0.1) is 0 Å². The second-order valence-electron chi connectivity index (χ2n) is 7.66. The molecule has 1 saturated heterocycles. The van der Waals surface area contributed by atoms with Crippen molar-refractivity contribution in [1.82, 2.24) is 0 Å². The van der Waals surface area contributed by atoms with Crippen LogP contribution in [0.4, 0.5) is 11.4 Å². The molecule has 0 spiro atoms. The van der Waals surface area contributed by atoms with Gasteiger partial charge in [0.2, 0.25) is 0 Å². The Hall–Kier alpha value is -2.81. The number of rotatable bonds is 7. The van der Waals surface area contributed by atoms with E-state index in [0.29, 0.717) is 17.2 Å². The monoisotopic (exact) mass is 450 g/mol. The third-order valence-electron chi connectivity index (χ3n) is 5.40. The maximum atomic E-state index is 11.7. The molecule has 0 unspecified atom stereocenters. The molecule has 0 aliphatic carbocycles. The van der Waals surface area contributed by atoms with Crippen molar-refractivity contribution in [2.75, 3.05) is 50.5 Å². The van der Waals surface area contributed by atoms with E-state index in [2.05, 4.69) is 23.6 Å². The first-order valence-corrected chi connectivity index (χ1v) is 11.8. The Balaban J connectivity index is 1.86. The van der Waals surface area contributed by atoms with Gasteiger partial charge in [0.1, 0.15) is 0 Å². The van der Waals surface area contributed by atoms with Gasteiger partial charge in [-0.1, -0.05) is 0 Å². The van der Waals surface area contributed by atoms with Gasteiger partial charge in [-0.2, -0.15) is 8.42 Å². The van der Waals surface area contributed by atoms with E-state index in [-0.39, 0.29) is 17.8 Å². The molecule has 31 heavy (non-hydrogen) atoms. The van der Waals surface area contributed by atoms with Gasteiger partial charge in [-0.05, 0) is 38.1 Å². The van der Waals surface area contributed by atoms with Crippen LogP contribution in [0.5, 0.6) is 23.0 Å². The topological polar surface area (TPSA) is 77.5 Å². The Labute approximate surface area is 184 Å². The van der Waals surface area contributed by atoms with Crippen LogP contribution in [0.15, 0.2) is 36.4 Å². The van der Waals surface area contributed by atoms with Crippen molar-refractivity contribution >= 4 is 21.5 Å². The lowest BCUT2D eigenvalue weighted by Crippen LogP contribution is -2.56. The second-order valence-corrected chi connectivity index (χ2v) is 9.24. The van der Waals surface area contributed by atoms with Crippen molar-refractivity contribution in [3.05, 3.63) is 36.4 Å². The highest BCUT2D eigenvalue weighted by Crippen LogP contribution is 2.37. The molecule has 2 aromatic carbocycles. The maximum Gasteiger partial charge on any atom is 0.306 e. The average molecular weight is 451 g/mol. The summed E-state index contributed by atoms with van der Waals surface area (Å²) in [5.41, 5.74) is 1.94. The zero-order valence-corrected chi connectivity index (χ0v) is 19.6. The quantitative estimate of drug-likeness (QED) is 0.596. The fraction of sp³-hybridized carbons (Fsp3) is 0.455. The zero-order chi connectivity index (χ0) is 22.8. The lowest BCUT2D eigenvalue weighted by molar-refractivity contribution is 0.354. The zero-order valence-electron chi connectivity index (χ0n) is 18.8. The molecule has 2 atom stereocenters. The van der Waals surface area contributed by atoms with Crippen molar-refractivity contribution in [3.63, 3.8) is 0 Å².